The number of hydrogen-bond donors (Lipinski definition) is 1. The van der Waals surface area contributed by atoms with Crippen molar-refractivity contribution in [2.75, 3.05) is 26.8 Å². The minimum atomic E-state index is -3.92. The number of amides is 1. The molecule has 9 nitrogen and oxygen atoms in total. The van der Waals surface area contributed by atoms with Crippen LogP contribution in [0.25, 0.3) is 0 Å². The summed E-state index contributed by atoms with van der Waals surface area (Å²) in [4.78, 5) is 16.1. The van der Waals surface area contributed by atoms with Gasteiger partial charge in [0.2, 0.25) is 21.8 Å². The Bertz CT molecular complexity index is 949. The van der Waals surface area contributed by atoms with Gasteiger partial charge in [-0.2, -0.15) is 9.29 Å². The van der Waals surface area contributed by atoms with Gasteiger partial charge in [-0.1, -0.05) is 11.2 Å². The SMILES string of the molecule is COCC(=O)N[C@@H]1CN(S(=O)(=O)c2cccc(F)c2)CC[C@@H]1c1nc(C)no1. The summed E-state index contributed by atoms with van der Waals surface area (Å²) in [5.41, 5.74) is 0. The fraction of sp³-hybridized carbons (Fsp3) is 0.471. The minimum absolute atomic E-state index is 0.0135. The van der Waals surface area contributed by atoms with Gasteiger partial charge in [-0.05, 0) is 31.5 Å². The van der Waals surface area contributed by atoms with Gasteiger partial charge in [-0.15, -0.1) is 0 Å². The summed E-state index contributed by atoms with van der Waals surface area (Å²) in [5.74, 6) is -0.586. The van der Waals surface area contributed by atoms with E-state index < -0.39 is 27.8 Å². The second-order valence-corrected chi connectivity index (χ2v) is 8.44. The zero-order valence-electron chi connectivity index (χ0n) is 15.5. The fourth-order valence-electron chi connectivity index (χ4n) is 3.20. The lowest BCUT2D eigenvalue weighted by molar-refractivity contribution is -0.125. The second-order valence-electron chi connectivity index (χ2n) is 6.50. The predicted octanol–water partition coefficient (Wildman–Crippen LogP) is 0.827. The molecule has 1 amide bonds. The van der Waals surface area contributed by atoms with E-state index in [1.807, 2.05) is 0 Å². The predicted molar refractivity (Wildman–Crippen MR) is 95.4 cm³/mol. The molecular formula is C17H21FN4O5S. The number of sulfonamides is 1. The van der Waals surface area contributed by atoms with Gasteiger partial charge in [-0.25, -0.2) is 12.8 Å². The van der Waals surface area contributed by atoms with E-state index in [0.717, 1.165) is 6.07 Å². The number of piperidine rings is 1. The summed E-state index contributed by atoms with van der Waals surface area (Å²) in [6, 6.07) is 4.23. The third kappa shape index (κ3) is 4.37. The molecular weight excluding hydrogens is 391 g/mol. The Balaban J connectivity index is 1.86. The Hall–Kier alpha value is -2.37. The number of rotatable bonds is 6. The maximum Gasteiger partial charge on any atom is 0.246 e. The van der Waals surface area contributed by atoms with Crippen molar-refractivity contribution in [3.63, 3.8) is 0 Å². The van der Waals surface area contributed by atoms with Crippen LogP contribution in [0.5, 0.6) is 0 Å². The zero-order chi connectivity index (χ0) is 20.3. The third-order valence-electron chi connectivity index (χ3n) is 4.49. The Labute approximate surface area is 161 Å². The van der Waals surface area contributed by atoms with Crippen LogP contribution in [-0.4, -0.2) is 61.6 Å². The smallest absolute Gasteiger partial charge is 0.246 e. The lowest BCUT2D eigenvalue weighted by Crippen LogP contribution is -2.53. The van der Waals surface area contributed by atoms with E-state index in [1.165, 1.54) is 29.6 Å². The van der Waals surface area contributed by atoms with Gasteiger partial charge in [0, 0.05) is 20.2 Å². The number of benzene rings is 1. The van der Waals surface area contributed by atoms with Crippen LogP contribution in [0.2, 0.25) is 0 Å². The molecule has 28 heavy (non-hydrogen) atoms. The summed E-state index contributed by atoms with van der Waals surface area (Å²) in [7, 11) is -2.53. The van der Waals surface area contributed by atoms with E-state index in [9.17, 15) is 17.6 Å². The van der Waals surface area contributed by atoms with Crippen LogP contribution in [0.1, 0.15) is 24.1 Å². The quantitative estimate of drug-likeness (QED) is 0.747. The monoisotopic (exact) mass is 412 g/mol. The molecule has 11 heteroatoms. The average molecular weight is 412 g/mol. The lowest BCUT2D eigenvalue weighted by Gasteiger charge is -2.36. The molecule has 2 aromatic rings. The molecule has 0 bridgehead atoms. The first-order valence-electron chi connectivity index (χ1n) is 8.65. The molecule has 1 N–H and O–H groups in total. The standard InChI is InChI=1S/C17H21FN4O5S/c1-11-19-17(27-21-11)14-6-7-22(9-15(14)20-16(23)10-26-2)28(24,25)13-5-3-4-12(18)8-13/h3-5,8,14-15H,6-7,9-10H2,1-2H3,(H,20,23)/t14-,15+/m0/s1. The lowest BCUT2D eigenvalue weighted by atomic mass is 9.92. The molecule has 1 aliphatic rings. The summed E-state index contributed by atoms with van der Waals surface area (Å²) in [6.07, 6.45) is 0.355. The van der Waals surface area contributed by atoms with E-state index in [1.54, 1.807) is 6.92 Å². The molecule has 1 aromatic carbocycles. The minimum Gasteiger partial charge on any atom is -0.375 e. The van der Waals surface area contributed by atoms with Gasteiger partial charge in [0.15, 0.2) is 5.82 Å². The average Bonchev–Trinajstić information content (AvgIpc) is 3.08. The molecule has 1 aliphatic heterocycles. The molecule has 0 unspecified atom stereocenters. The van der Waals surface area contributed by atoms with Gasteiger partial charge >= 0.3 is 0 Å². The van der Waals surface area contributed by atoms with Crippen LogP contribution in [0.4, 0.5) is 4.39 Å². The van der Waals surface area contributed by atoms with Crippen molar-refractivity contribution in [1.29, 1.82) is 0 Å². The zero-order valence-corrected chi connectivity index (χ0v) is 16.3. The number of aryl methyl sites for hydroxylation is 1. The number of methoxy groups -OCH3 is 1. The first kappa shape index (κ1) is 20.4. The van der Waals surface area contributed by atoms with Crippen molar-refractivity contribution in [2.24, 2.45) is 0 Å². The van der Waals surface area contributed by atoms with Crippen molar-refractivity contribution in [3.8, 4) is 0 Å². The fourth-order valence-corrected chi connectivity index (χ4v) is 4.71. The number of carbonyl (C=O) groups is 1. The molecule has 1 saturated heterocycles. The van der Waals surface area contributed by atoms with Crippen molar-refractivity contribution < 1.29 is 26.9 Å². The van der Waals surface area contributed by atoms with E-state index in [4.69, 9.17) is 9.26 Å². The topological polar surface area (TPSA) is 115 Å². The highest BCUT2D eigenvalue weighted by atomic mass is 32.2. The normalized spacial score (nSPS) is 20.8. The highest BCUT2D eigenvalue weighted by Gasteiger charge is 2.39. The van der Waals surface area contributed by atoms with E-state index >= 15 is 0 Å². The van der Waals surface area contributed by atoms with E-state index in [2.05, 4.69) is 15.5 Å². The van der Waals surface area contributed by atoms with Crippen molar-refractivity contribution >= 4 is 15.9 Å². The first-order chi connectivity index (χ1) is 13.3. The second kappa shape index (κ2) is 8.33. The first-order valence-corrected chi connectivity index (χ1v) is 10.1. The molecule has 0 radical (unpaired) electrons. The highest BCUT2D eigenvalue weighted by molar-refractivity contribution is 7.89. The largest absolute Gasteiger partial charge is 0.375 e. The molecule has 152 valence electrons. The van der Waals surface area contributed by atoms with Gasteiger partial charge in [0.1, 0.15) is 12.4 Å². The summed E-state index contributed by atoms with van der Waals surface area (Å²) >= 11 is 0. The summed E-state index contributed by atoms with van der Waals surface area (Å²) in [6.45, 7) is 1.67. The molecule has 1 fully saturated rings. The molecule has 2 atom stereocenters. The summed E-state index contributed by atoms with van der Waals surface area (Å²) < 4.78 is 50.6. The molecule has 2 heterocycles. The molecule has 0 spiro atoms. The molecule has 0 aliphatic carbocycles. The van der Waals surface area contributed by atoms with Crippen LogP contribution in [0.3, 0.4) is 0 Å². The molecule has 1 aromatic heterocycles. The number of nitrogens with zero attached hydrogens (tertiary/aromatic N) is 3. The van der Waals surface area contributed by atoms with Crippen LogP contribution < -0.4 is 5.32 Å². The van der Waals surface area contributed by atoms with Crippen molar-refractivity contribution in [2.45, 2.75) is 30.2 Å². The van der Waals surface area contributed by atoms with Gasteiger partial charge in [-0.3, -0.25) is 4.79 Å². The highest BCUT2D eigenvalue weighted by Crippen LogP contribution is 2.30. The van der Waals surface area contributed by atoms with E-state index in [0.29, 0.717) is 18.1 Å². The Morgan fingerprint density at radius 1 is 1.46 bits per heavy atom. The Morgan fingerprint density at radius 2 is 2.25 bits per heavy atom. The maximum atomic E-state index is 13.5. The van der Waals surface area contributed by atoms with Crippen molar-refractivity contribution in [1.82, 2.24) is 19.8 Å². The van der Waals surface area contributed by atoms with Crippen LogP contribution in [0.15, 0.2) is 33.7 Å². The van der Waals surface area contributed by atoms with Gasteiger partial charge in [0.05, 0.1) is 16.9 Å². The van der Waals surface area contributed by atoms with Crippen molar-refractivity contribution in [3.05, 3.63) is 41.8 Å². The molecule has 0 saturated carbocycles. The Morgan fingerprint density at radius 3 is 2.89 bits per heavy atom. The van der Waals surface area contributed by atoms with Gasteiger partial charge < -0.3 is 14.6 Å². The van der Waals surface area contributed by atoms with E-state index in [-0.39, 0.29) is 30.5 Å². The number of nitrogens with one attached hydrogen (secondary N) is 1. The molecule has 3 rings (SSSR count). The number of ether oxygens (including phenoxy) is 1. The maximum absolute atomic E-state index is 13.5. The summed E-state index contributed by atoms with van der Waals surface area (Å²) in [5, 5.41) is 6.54. The van der Waals surface area contributed by atoms with Gasteiger partial charge in [0.25, 0.3) is 0 Å². The number of halogens is 1. The van der Waals surface area contributed by atoms with Crippen LogP contribution >= 0.6 is 0 Å². The third-order valence-corrected chi connectivity index (χ3v) is 6.35. The van der Waals surface area contributed by atoms with Crippen LogP contribution in [-0.2, 0) is 19.6 Å². The number of carbonyl (C=O) groups excluding carboxylic acids is 1. The van der Waals surface area contributed by atoms with Crippen LogP contribution in [0, 0.1) is 12.7 Å². The number of aromatic nitrogens is 2. The Kier molecular flexibility index (Phi) is 6.06. The number of hydrogen-bond acceptors (Lipinski definition) is 7.